The van der Waals surface area contributed by atoms with Gasteiger partial charge in [0.1, 0.15) is 17.3 Å². The van der Waals surface area contributed by atoms with E-state index in [1.807, 2.05) is 0 Å². The van der Waals surface area contributed by atoms with E-state index in [0.29, 0.717) is 0 Å². The quantitative estimate of drug-likeness (QED) is 0.861. The molecule has 0 bridgehead atoms. The predicted molar refractivity (Wildman–Crippen MR) is 47.6 cm³/mol. The van der Waals surface area contributed by atoms with Crippen molar-refractivity contribution in [2.75, 3.05) is 0 Å². The summed E-state index contributed by atoms with van der Waals surface area (Å²) in [6.07, 6.45) is -8.52. The van der Waals surface area contributed by atoms with Crippen molar-refractivity contribution < 1.29 is 36.6 Å². The molecule has 0 radical (unpaired) electrons. The zero-order valence-electron chi connectivity index (χ0n) is 8.70. The first-order valence-electron chi connectivity index (χ1n) is 4.37. The Morgan fingerprint density at radius 1 is 1.47 bits per heavy atom. The van der Waals surface area contributed by atoms with Gasteiger partial charge in [-0.15, -0.1) is 13.2 Å². The van der Waals surface area contributed by atoms with Crippen LogP contribution >= 0.6 is 0 Å². The van der Waals surface area contributed by atoms with E-state index in [1.165, 1.54) is 6.07 Å². The fourth-order valence-electron chi connectivity index (χ4n) is 1.23. The molecule has 0 saturated carbocycles. The van der Waals surface area contributed by atoms with Crippen molar-refractivity contribution in [1.29, 1.82) is 5.26 Å². The van der Waals surface area contributed by atoms with Crippen molar-refractivity contribution in [3.8, 4) is 11.8 Å². The van der Waals surface area contributed by atoms with Gasteiger partial charge in [0.25, 0.3) is 6.43 Å². The number of hydrogen-bond donors (Lipinski definition) is 1. The van der Waals surface area contributed by atoms with Crippen LogP contribution in [0.1, 0.15) is 28.0 Å². The third-order valence-corrected chi connectivity index (χ3v) is 1.85. The number of aromatic nitrogens is 1. The number of pyridine rings is 1. The highest BCUT2D eigenvalue weighted by atomic mass is 19.4. The Balaban J connectivity index is 3.55. The first kappa shape index (κ1) is 14.6. The Morgan fingerprint density at radius 2 is 2.05 bits per heavy atom. The van der Waals surface area contributed by atoms with Gasteiger partial charge in [-0.2, -0.15) is 5.26 Å². The molecule has 1 N–H and O–H groups in total. The summed E-state index contributed by atoms with van der Waals surface area (Å²) in [5, 5.41) is 17.2. The zero-order chi connectivity index (χ0) is 14.8. The number of rotatable bonds is 3. The van der Waals surface area contributed by atoms with Gasteiger partial charge in [-0.25, -0.2) is 18.6 Å². The van der Waals surface area contributed by atoms with Gasteiger partial charge >= 0.3 is 12.3 Å². The minimum Gasteiger partial charge on any atom is -0.478 e. The van der Waals surface area contributed by atoms with Crippen LogP contribution in [0, 0.1) is 11.3 Å². The second-order valence-corrected chi connectivity index (χ2v) is 3.03. The molecule has 0 aromatic carbocycles. The van der Waals surface area contributed by atoms with E-state index in [0.717, 1.165) is 0 Å². The third kappa shape index (κ3) is 3.27. The number of halogens is 5. The monoisotopic (exact) mass is 282 g/mol. The van der Waals surface area contributed by atoms with E-state index in [4.69, 9.17) is 10.4 Å². The van der Waals surface area contributed by atoms with Crippen LogP contribution in [0.5, 0.6) is 5.75 Å². The van der Waals surface area contributed by atoms with E-state index in [1.54, 1.807) is 0 Å². The number of nitrogens with zero attached hydrogens (tertiary/aromatic N) is 2. The van der Waals surface area contributed by atoms with Crippen molar-refractivity contribution in [2.24, 2.45) is 0 Å². The average Bonchev–Trinajstić information content (AvgIpc) is 2.25. The fraction of sp³-hybridized carbons (Fsp3) is 0.222. The number of carboxylic acid groups (broad SMARTS) is 1. The maximum Gasteiger partial charge on any atom is 0.573 e. The van der Waals surface area contributed by atoms with Crippen LogP contribution in [-0.4, -0.2) is 22.4 Å². The molecule has 1 aromatic rings. The topological polar surface area (TPSA) is 83.2 Å². The van der Waals surface area contributed by atoms with Gasteiger partial charge in [0.15, 0.2) is 5.75 Å². The molecule has 0 saturated heterocycles. The second kappa shape index (κ2) is 5.05. The van der Waals surface area contributed by atoms with Crippen LogP contribution in [0.3, 0.4) is 0 Å². The number of ether oxygens (including phenoxy) is 1. The number of carbonyl (C=O) groups is 1. The average molecular weight is 282 g/mol. The SMILES string of the molecule is N#Cc1ncc(OC(F)(F)F)c(C(=O)O)c1C(F)F. The summed E-state index contributed by atoms with van der Waals surface area (Å²) < 4.78 is 64.6. The van der Waals surface area contributed by atoms with Gasteiger partial charge in [-0.05, 0) is 0 Å². The maximum absolute atomic E-state index is 12.7. The molecule has 0 amide bonds. The van der Waals surface area contributed by atoms with Crippen molar-refractivity contribution in [3.05, 3.63) is 23.0 Å². The highest BCUT2D eigenvalue weighted by molar-refractivity contribution is 5.93. The largest absolute Gasteiger partial charge is 0.573 e. The summed E-state index contributed by atoms with van der Waals surface area (Å²) in [6, 6.07) is 1.17. The molecule has 0 spiro atoms. The number of nitriles is 1. The first-order chi connectivity index (χ1) is 8.67. The Kier molecular flexibility index (Phi) is 3.89. The molecule has 19 heavy (non-hydrogen) atoms. The van der Waals surface area contributed by atoms with Crippen LogP contribution in [0.25, 0.3) is 0 Å². The standard InChI is InChI=1S/C9H3F5N2O3/c10-7(11)5-3(1-15)16-2-4(6(5)8(17)18)19-9(12,13)14/h2,7H,(H,17,18). The molecule has 10 heteroatoms. The van der Waals surface area contributed by atoms with Crippen LogP contribution in [0.15, 0.2) is 6.20 Å². The molecule has 0 atom stereocenters. The smallest absolute Gasteiger partial charge is 0.478 e. The van der Waals surface area contributed by atoms with Crippen LogP contribution in [-0.2, 0) is 0 Å². The van der Waals surface area contributed by atoms with Gasteiger partial charge in [0.05, 0.1) is 11.8 Å². The Hall–Kier alpha value is -2.44. The summed E-state index contributed by atoms with van der Waals surface area (Å²) in [5.74, 6) is -3.50. The number of hydrogen-bond acceptors (Lipinski definition) is 4. The van der Waals surface area contributed by atoms with Crippen molar-refractivity contribution in [3.63, 3.8) is 0 Å². The molecule has 5 nitrogen and oxygen atoms in total. The maximum atomic E-state index is 12.7. The van der Waals surface area contributed by atoms with Crippen LogP contribution < -0.4 is 4.74 Å². The van der Waals surface area contributed by atoms with Gasteiger partial charge < -0.3 is 9.84 Å². The minimum absolute atomic E-state index is 0.251. The number of aromatic carboxylic acids is 1. The summed E-state index contributed by atoms with van der Waals surface area (Å²) in [4.78, 5) is 13.8. The molecule has 0 fully saturated rings. The highest BCUT2D eigenvalue weighted by Gasteiger charge is 2.36. The molecule has 0 aliphatic heterocycles. The van der Waals surface area contributed by atoms with Crippen molar-refractivity contribution >= 4 is 5.97 Å². The third-order valence-electron chi connectivity index (χ3n) is 1.85. The molecule has 1 heterocycles. The summed E-state index contributed by atoms with van der Waals surface area (Å²) in [6.45, 7) is 0. The van der Waals surface area contributed by atoms with Gasteiger partial charge in [0.2, 0.25) is 0 Å². The van der Waals surface area contributed by atoms with Gasteiger partial charge in [-0.3, -0.25) is 0 Å². The van der Waals surface area contributed by atoms with E-state index < -0.39 is 41.3 Å². The van der Waals surface area contributed by atoms with E-state index in [9.17, 15) is 26.7 Å². The minimum atomic E-state index is -5.28. The molecule has 102 valence electrons. The molecule has 0 unspecified atom stereocenters. The molecule has 1 rings (SSSR count). The zero-order valence-corrected chi connectivity index (χ0v) is 8.70. The van der Waals surface area contributed by atoms with Crippen LogP contribution in [0.4, 0.5) is 22.0 Å². The lowest BCUT2D eigenvalue weighted by Crippen LogP contribution is -2.20. The lowest BCUT2D eigenvalue weighted by Gasteiger charge is -2.14. The van der Waals surface area contributed by atoms with Gasteiger partial charge in [0, 0.05) is 0 Å². The number of alkyl halides is 5. The van der Waals surface area contributed by atoms with E-state index >= 15 is 0 Å². The summed E-state index contributed by atoms with van der Waals surface area (Å²) in [7, 11) is 0. The highest BCUT2D eigenvalue weighted by Crippen LogP contribution is 2.34. The summed E-state index contributed by atoms with van der Waals surface area (Å²) >= 11 is 0. The lowest BCUT2D eigenvalue weighted by molar-refractivity contribution is -0.274. The lowest BCUT2D eigenvalue weighted by atomic mass is 10.1. The van der Waals surface area contributed by atoms with E-state index in [-0.39, 0.29) is 6.20 Å². The Morgan fingerprint density at radius 3 is 2.42 bits per heavy atom. The molecule has 1 aromatic heterocycles. The second-order valence-electron chi connectivity index (χ2n) is 3.03. The Labute approximate surface area is 101 Å². The predicted octanol–water partition coefficient (Wildman–Crippen LogP) is 2.49. The number of carboxylic acids is 1. The molecule has 0 aliphatic rings. The molecule has 0 aliphatic carbocycles. The first-order valence-corrected chi connectivity index (χ1v) is 4.37. The summed E-state index contributed by atoms with van der Waals surface area (Å²) in [5.41, 5.74) is -3.85. The molecular weight excluding hydrogens is 279 g/mol. The normalized spacial score (nSPS) is 11.2. The fourth-order valence-corrected chi connectivity index (χ4v) is 1.23. The molecular formula is C9H3F5N2O3. The van der Waals surface area contributed by atoms with Gasteiger partial charge in [-0.1, -0.05) is 0 Å². The van der Waals surface area contributed by atoms with E-state index in [2.05, 4.69) is 9.72 Å². The Bertz CT molecular complexity index is 550. The van der Waals surface area contributed by atoms with Crippen LogP contribution in [0.2, 0.25) is 0 Å². The van der Waals surface area contributed by atoms with Crippen molar-refractivity contribution in [2.45, 2.75) is 12.8 Å². The van der Waals surface area contributed by atoms with Crippen molar-refractivity contribution in [1.82, 2.24) is 4.98 Å².